The number of rotatable bonds is 5. The van der Waals surface area contributed by atoms with E-state index in [-0.39, 0.29) is 12.1 Å². The Morgan fingerprint density at radius 1 is 0.923 bits per heavy atom. The second-order valence-corrected chi connectivity index (χ2v) is 7.01. The molecule has 0 atom stereocenters. The SMILES string of the molecule is O=C(CNC(=O)c1ccc(S(=O)(=O)C(F)(F)F)cc1)Nc1ccccc1. The van der Waals surface area contributed by atoms with Crippen molar-refractivity contribution >= 4 is 27.3 Å². The molecule has 6 nitrogen and oxygen atoms in total. The fraction of sp³-hybridized carbons (Fsp3) is 0.125. The van der Waals surface area contributed by atoms with Crippen LogP contribution in [0, 0.1) is 0 Å². The lowest BCUT2D eigenvalue weighted by Crippen LogP contribution is -2.32. The first-order valence-corrected chi connectivity index (χ1v) is 8.64. The van der Waals surface area contributed by atoms with Crippen LogP contribution in [0.5, 0.6) is 0 Å². The van der Waals surface area contributed by atoms with Gasteiger partial charge in [0.15, 0.2) is 0 Å². The number of alkyl halides is 3. The van der Waals surface area contributed by atoms with Crippen molar-refractivity contribution in [2.75, 3.05) is 11.9 Å². The van der Waals surface area contributed by atoms with Crippen LogP contribution in [0.15, 0.2) is 59.5 Å². The van der Waals surface area contributed by atoms with Crippen molar-refractivity contribution in [3.05, 3.63) is 60.2 Å². The van der Waals surface area contributed by atoms with Gasteiger partial charge < -0.3 is 10.6 Å². The molecule has 0 bridgehead atoms. The van der Waals surface area contributed by atoms with Crippen LogP contribution in [0.1, 0.15) is 10.4 Å². The first-order valence-electron chi connectivity index (χ1n) is 7.16. The van der Waals surface area contributed by atoms with Crippen molar-refractivity contribution in [2.45, 2.75) is 10.4 Å². The fourth-order valence-electron chi connectivity index (χ4n) is 1.91. The summed E-state index contributed by atoms with van der Waals surface area (Å²) in [6, 6.07) is 11.7. The molecule has 0 fully saturated rings. The molecule has 0 aliphatic heterocycles. The first-order chi connectivity index (χ1) is 12.1. The highest BCUT2D eigenvalue weighted by molar-refractivity contribution is 7.92. The van der Waals surface area contributed by atoms with Gasteiger partial charge in [-0.1, -0.05) is 18.2 Å². The van der Waals surface area contributed by atoms with Gasteiger partial charge in [0.2, 0.25) is 5.91 Å². The summed E-state index contributed by atoms with van der Waals surface area (Å²) < 4.78 is 59.9. The summed E-state index contributed by atoms with van der Waals surface area (Å²) in [4.78, 5) is 22.6. The lowest BCUT2D eigenvalue weighted by molar-refractivity contribution is -0.115. The lowest BCUT2D eigenvalue weighted by atomic mass is 10.2. The van der Waals surface area contributed by atoms with Gasteiger partial charge in [0.05, 0.1) is 11.4 Å². The van der Waals surface area contributed by atoms with Gasteiger partial charge in [0.1, 0.15) is 0 Å². The van der Waals surface area contributed by atoms with E-state index in [1.54, 1.807) is 30.3 Å². The standard InChI is InChI=1S/C16H13F3N2O4S/c17-16(18,19)26(24,25)13-8-6-11(7-9-13)15(23)20-10-14(22)21-12-4-2-1-3-5-12/h1-9H,10H2,(H,20,23)(H,21,22). The van der Waals surface area contributed by atoms with Crippen LogP contribution in [0.25, 0.3) is 0 Å². The van der Waals surface area contributed by atoms with Crippen molar-refractivity contribution < 1.29 is 31.2 Å². The summed E-state index contributed by atoms with van der Waals surface area (Å²) >= 11 is 0. The quantitative estimate of drug-likeness (QED) is 0.825. The molecule has 0 saturated heterocycles. The molecular formula is C16H13F3N2O4S. The molecule has 0 aliphatic rings. The van der Waals surface area contributed by atoms with Crippen LogP contribution in [-0.4, -0.2) is 32.3 Å². The molecule has 2 amide bonds. The lowest BCUT2D eigenvalue weighted by Gasteiger charge is -2.09. The van der Waals surface area contributed by atoms with E-state index in [0.29, 0.717) is 17.8 Å². The highest BCUT2D eigenvalue weighted by atomic mass is 32.2. The van der Waals surface area contributed by atoms with Gasteiger partial charge in [0.25, 0.3) is 15.7 Å². The summed E-state index contributed by atoms with van der Waals surface area (Å²) in [7, 11) is -5.48. The number of sulfone groups is 1. The molecule has 0 unspecified atom stereocenters. The summed E-state index contributed by atoms with van der Waals surface area (Å²) in [5, 5.41) is 4.82. The Bertz CT molecular complexity index is 895. The average Bonchev–Trinajstić information content (AvgIpc) is 2.59. The highest BCUT2D eigenvalue weighted by Crippen LogP contribution is 2.30. The molecular weight excluding hydrogens is 373 g/mol. The van der Waals surface area contributed by atoms with Gasteiger partial charge in [-0.05, 0) is 36.4 Å². The number of carbonyl (C=O) groups is 2. The first kappa shape index (κ1) is 19.4. The van der Waals surface area contributed by atoms with E-state index in [0.717, 1.165) is 12.1 Å². The van der Waals surface area contributed by atoms with E-state index in [9.17, 15) is 31.2 Å². The summed E-state index contributed by atoms with van der Waals surface area (Å²) in [5.74, 6) is -1.23. The third kappa shape index (κ3) is 4.60. The molecule has 2 aromatic carbocycles. The van der Waals surface area contributed by atoms with Crippen molar-refractivity contribution in [3.8, 4) is 0 Å². The van der Waals surface area contributed by atoms with Gasteiger partial charge in [0, 0.05) is 11.3 Å². The maximum Gasteiger partial charge on any atom is 0.501 e. The average molecular weight is 386 g/mol. The third-order valence-electron chi connectivity index (χ3n) is 3.20. The van der Waals surface area contributed by atoms with Crippen molar-refractivity contribution in [3.63, 3.8) is 0 Å². The molecule has 0 saturated carbocycles. The van der Waals surface area contributed by atoms with Crippen molar-refractivity contribution in [2.24, 2.45) is 0 Å². The minimum Gasteiger partial charge on any atom is -0.343 e. The molecule has 2 aromatic rings. The Morgan fingerprint density at radius 3 is 2.04 bits per heavy atom. The van der Waals surface area contributed by atoms with Crippen LogP contribution in [0.4, 0.5) is 18.9 Å². The number of amides is 2. The van der Waals surface area contributed by atoms with E-state index in [1.807, 2.05) is 0 Å². The second kappa shape index (κ2) is 7.56. The van der Waals surface area contributed by atoms with Crippen LogP contribution < -0.4 is 10.6 Å². The number of anilines is 1. The smallest absolute Gasteiger partial charge is 0.343 e. The molecule has 0 spiro atoms. The monoisotopic (exact) mass is 386 g/mol. The zero-order chi connectivity index (χ0) is 19.4. The van der Waals surface area contributed by atoms with Gasteiger partial charge >= 0.3 is 5.51 Å². The molecule has 0 heterocycles. The number of hydrogen-bond acceptors (Lipinski definition) is 4. The summed E-state index contributed by atoms with van der Waals surface area (Å²) in [6.07, 6.45) is 0. The Morgan fingerprint density at radius 2 is 1.50 bits per heavy atom. The predicted octanol–water partition coefficient (Wildman–Crippen LogP) is 2.35. The van der Waals surface area contributed by atoms with Crippen LogP contribution in [0.2, 0.25) is 0 Å². The zero-order valence-corrected chi connectivity index (χ0v) is 13.9. The highest BCUT2D eigenvalue weighted by Gasteiger charge is 2.46. The number of para-hydroxylation sites is 1. The second-order valence-electron chi connectivity index (χ2n) is 5.07. The third-order valence-corrected chi connectivity index (χ3v) is 4.70. The normalized spacial score (nSPS) is 11.7. The maximum absolute atomic E-state index is 12.5. The van der Waals surface area contributed by atoms with Crippen LogP contribution in [0.3, 0.4) is 0 Å². The Hall–Kier alpha value is -2.88. The number of nitrogens with one attached hydrogen (secondary N) is 2. The summed E-state index contributed by atoms with van der Waals surface area (Å²) in [5.41, 5.74) is -4.97. The van der Waals surface area contributed by atoms with Crippen LogP contribution >= 0.6 is 0 Å². The van der Waals surface area contributed by atoms with E-state index >= 15 is 0 Å². The number of halogens is 3. The maximum atomic E-state index is 12.5. The molecule has 26 heavy (non-hydrogen) atoms. The van der Waals surface area contributed by atoms with E-state index < -0.39 is 32.1 Å². The fourth-order valence-corrected chi connectivity index (χ4v) is 2.67. The van der Waals surface area contributed by atoms with Crippen molar-refractivity contribution in [1.82, 2.24) is 5.32 Å². The van der Waals surface area contributed by atoms with Gasteiger partial charge in [-0.15, -0.1) is 0 Å². The molecule has 0 radical (unpaired) electrons. The minimum atomic E-state index is -5.48. The minimum absolute atomic E-state index is 0.0846. The molecule has 138 valence electrons. The van der Waals surface area contributed by atoms with E-state index in [1.165, 1.54) is 0 Å². The number of carbonyl (C=O) groups excluding carboxylic acids is 2. The Balaban J connectivity index is 1.97. The molecule has 0 aliphatic carbocycles. The summed E-state index contributed by atoms with van der Waals surface area (Å²) in [6.45, 7) is -0.365. The van der Waals surface area contributed by atoms with E-state index in [4.69, 9.17) is 0 Å². The van der Waals surface area contributed by atoms with Gasteiger partial charge in [-0.25, -0.2) is 8.42 Å². The Labute approximate surface area is 146 Å². The number of benzene rings is 2. The zero-order valence-electron chi connectivity index (χ0n) is 13.1. The predicted molar refractivity (Wildman–Crippen MR) is 87.1 cm³/mol. The van der Waals surface area contributed by atoms with Crippen molar-refractivity contribution in [1.29, 1.82) is 0 Å². The topological polar surface area (TPSA) is 92.3 Å². The van der Waals surface area contributed by atoms with Gasteiger partial charge in [-0.3, -0.25) is 9.59 Å². The molecule has 10 heteroatoms. The molecule has 2 rings (SSSR count). The molecule has 0 aromatic heterocycles. The van der Waals surface area contributed by atoms with Gasteiger partial charge in [-0.2, -0.15) is 13.2 Å². The van der Waals surface area contributed by atoms with E-state index in [2.05, 4.69) is 10.6 Å². The number of hydrogen-bond donors (Lipinski definition) is 2. The van der Waals surface area contributed by atoms with Crippen LogP contribution in [-0.2, 0) is 14.6 Å². The Kier molecular flexibility index (Phi) is 5.66. The molecule has 2 N–H and O–H groups in total. The largest absolute Gasteiger partial charge is 0.501 e.